The predicted molar refractivity (Wildman–Crippen MR) is 134 cm³/mol. The first kappa shape index (κ1) is 23.3. The van der Waals surface area contributed by atoms with E-state index in [2.05, 4.69) is 38.7 Å². The molecular formula is C23H31IN4O3. The van der Waals surface area contributed by atoms with E-state index in [1.165, 1.54) is 0 Å². The number of methoxy groups -OCH3 is 1. The summed E-state index contributed by atoms with van der Waals surface area (Å²) in [7, 11) is 3.52. The first-order chi connectivity index (χ1) is 14.8. The highest BCUT2D eigenvalue weighted by molar-refractivity contribution is 14.0. The normalized spacial score (nSPS) is 18.1. The number of para-hydroxylation sites is 2. The molecule has 7 nitrogen and oxygen atoms in total. The monoisotopic (exact) mass is 538 g/mol. The Hall–Kier alpha value is -2.36. The highest BCUT2D eigenvalue weighted by Gasteiger charge is 2.25. The molecule has 1 atom stereocenters. The van der Waals surface area contributed by atoms with E-state index in [9.17, 15) is 0 Å². The number of nitrogens with zero attached hydrogens (tertiary/aromatic N) is 2. The van der Waals surface area contributed by atoms with Gasteiger partial charge in [0, 0.05) is 39.1 Å². The van der Waals surface area contributed by atoms with E-state index in [0.717, 1.165) is 60.4 Å². The fourth-order valence-electron chi connectivity index (χ4n) is 3.88. The third kappa shape index (κ3) is 5.87. The molecule has 0 radical (unpaired) electrons. The van der Waals surface area contributed by atoms with Gasteiger partial charge in [-0.2, -0.15) is 0 Å². The molecule has 2 aromatic rings. The molecule has 8 heteroatoms. The largest absolute Gasteiger partial charge is 0.495 e. The fourth-order valence-corrected chi connectivity index (χ4v) is 3.88. The second-order valence-corrected chi connectivity index (χ2v) is 7.51. The second-order valence-electron chi connectivity index (χ2n) is 7.51. The summed E-state index contributed by atoms with van der Waals surface area (Å²) < 4.78 is 17.0. The minimum atomic E-state index is 0. The number of ether oxygens (including phenoxy) is 3. The number of guanidine groups is 1. The van der Waals surface area contributed by atoms with Crippen LogP contribution < -0.4 is 29.7 Å². The second kappa shape index (κ2) is 11.3. The molecule has 1 fully saturated rings. The summed E-state index contributed by atoms with van der Waals surface area (Å²) in [4.78, 5) is 6.75. The van der Waals surface area contributed by atoms with Gasteiger partial charge in [0.05, 0.1) is 26.0 Å². The van der Waals surface area contributed by atoms with Crippen molar-refractivity contribution in [2.45, 2.75) is 25.4 Å². The molecule has 2 aliphatic rings. The third-order valence-corrected chi connectivity index (χ3v) is 5.45. The van der Waals surface area contributed by atoms with Crippen LogP contribution in [-0.4, -0.2) is 52.5 Å². The number of rotatable bonds is 5. The van der Waals surface area contributed by atoms with Crippen LogP contribution in [0.3, 0.4) is 0 Å². The van der Waals surface area contributed by atoms with Gasteiger partial charge in [0.25, 0.3) is 0 Å². The SMILES string of the molecule is CN=C(NCc1ccc2c(c1)OCCCO2)NC1CCN(c2ccccc2OC)C1.I. The number of hydrogen-bond acceptors (Lipinski definition) is 5. The van der Waals surface area contributed by atoms with Crippen molar-refractivity contribution in [3.05, 3.63) is 48.0 Å². The maximum Gasteiger partial charge on any atom is 0.191 e. The van der Waals surface area contributed by atoms with E-state index in [0.29, 0.717) is 25.8 Å². The number of benzene rings is 2. The molecule has 1 unspecified atom stereocenters. The van der Waals surface area contributed by atoms with Crippen molar-refractivity contribution in [3.8, 4) is 17.2 Å². The van der Waals surface area contributed by atoms with Gasteiger partial charge in [0.2, 0.25) is 0 Å². The summed E-state index contributed by atoms with van der Waals surface area (Å²) in [5.41, 5.74) is 2.27. The molecule has 0 amide bonds. The van der Waals surface area contributed by atoms with Gasteiger partial charge in [-0.25, -0.2) is 0 Å². The van der Waals surface area contributed by atoms with Gasteiger partial charge in [-0.15, -0.1) is 24.0 Å². The summed E-state index contributed by atoms with van der Waals surface area (Å²) in [5, 5.41) is 6.96. The Morgan fingerprint density at radius 1 is 1.16 bits per heavy atom. The highest BCUT2D eigenvalue weighted by atomic mass is 127. The molecule has 2 aliphatic heterocycles. The Morgan fingerprint density at radius 3 is 2.77 bits per heavy atom. The molecule has 2 heterocycles. The maximum absolute atomic E-state index is 5.79. The number of nitrogens with one attached hydrogen (secondary N) is 2. The minimum absolute atomic E-state index is 0. The van der Waals surface area contributed by atoms with Crippen LogP contribution in [0.2, 0.25) is 0 Å². The molecule has 0 aromatic heterocycles. The van der Waals surface area contributed by atoms with Crippen molar-refractivity contribution < 1.29 is 14.2 Å². The molecule has 4 rings (SSSR count). The van der Waals surface area contributed by atoms with Crippen molar-refractivity contribution in [1.82, 2.24) is 10.6 Å². The van der Waals surface area contributed by atoms with Crippen molar-refractivity contribution in [3.63, 3.8) is 0 Å². The van der Waals surface area contributed by atoms with E-state index in [1.54, 1.807) is 14.2 Å². The molecule has 168 valence electrons. The van der Waals surface area contributed by atoms with Crippen LogP contribution in [-0.2, 0) is 6.54 Å². The first-order valence-electron chi connectivity index (χ1n) is 10.5. The summed E-state index contributed by atoms with van der Waals surface area (Å²) in [6, 6.07) is 14.6. The van der Waals surface area contributed by atoms with Crippen LogP contribution in [0.1, 0.15) is 18.4 Å². The number of fused-ring (bicyclic) bond motifs is 1. The van der Waals surface area contributed by atoms with Crippen molar-refractivity contribution in [1.29, 1.82) is 0 Å². The van der Waals surface area contributed by atoms with E-state index in [-0.39, 0.29) is 24.0 Å². The Labute approximate surface area is 201 Å². The van der Waals surface area contributed by atoms with Crippen LogP contribution in [0.15, 0.2) is 47.5 Å². The maximum atomic E-state index is 5.79. The van der Waals surface area contributed by atoms with Gasteiger partial charge in [0.1, 0.15) is 5.75 Å². The molecule has 1 saturated heterocycles. The standard InChI is InChI=1S/C23H30N4O3.HI/c1-24-23(25-15-17-8-9-21-22(14-17)30-13-5-12-29-21)26-18-10-11-27(16-18)19-6-3-4-7-20(19)28-2;/h3-4,6-9,14,18H,5,10-13,15-16H2,1-2H3,(H2,24,25,26);1H. The van der Waals surface area contributed by atoms with Crippen molar-refractivity contribution >= 4 is 35.6 Å². The molecule has 0 saturated carbocycles. The third-order valence-electron chi connectivity index (χ3n) is 5.45. The number of hydrogen-bond donors (Lipinski definition) is 2. The molecule has 0 bridgehead atoms. The van der Waals surface area contributed by atoms with Gasteiger partial charge in [-0.3, -0.25) is 4.99 Å². The zero-order chi connectivity index (χ0) is 20.8. The van der Waals surface area contributed by atoms with Crippen LogP contribution >= 0.6 is 24.0 Å². The number of halogens is 1. The van der Waals surface area contributed by atoms with Gasteiger partial charge in [-0.1, -0.05) is 18.2 Å². The van der Waals surface area contributed by atoms with E-state index in [4.69, 9.17) is 14.2 Å². The quantitative estimate of drug-likeness (QED) is 0.346. The van der Waals surface area contributed by atoms with E-state index >= 15 is 0 Å². The molecule has 0 aliphatic carbocycles. The first-order valence-corrected chi connectivity index (χ1v) is 10.5. The Balaban J connectivity index is 0.00000272. The molecular weight excluding hydrogens is 507 g/mol. The van der Waals surface area contributed by atoms with Crippen LogP contribution in [0.4, 0.5) is 5.69 Å². The highest BCUT2D eigenvalue weighted by Crippen LogP contribution is 2.31. The zero-order valence-corrected chi connectivity index (χ0v) is 20.4. The molecule has 2 N–H and O–H groups in total. The lowest BCUT2D eigenvalue weighted by Crippen LogP contribution is -2.44. The molecule has 31 heavy (non-hydrogen) atoms. The minimum Gasteiger partial charge on any atom is -0.495 e. The Morgan fingerprint density at radius 2 is 1.97 bits per heavy atom. The molecule has 0 spiro atoms. The van der Waals surface area contributed by atoms with Crippen LogP contribution in [0.25, 0.3) is 0 Å². The van der Waals surface area contributed by atoms with Crippen LogP contribution in [0, 0.1) is 0 Å². The molecule has 2 aromatic carbocycles. The number of aliphatic imine (C=N–C) groups is 1. The predicted octanol–water partition coefficient (Wildman–Crippen LogP) is 3.42. The van der Waals surface area contributed by atoms with Gasteiger partial charge in [-0.05, 0) is 36.2 Å². The Kier molecular flexibility index (Phi) is 8.51. The van der Waals surface area contributed by atoms with Gasteiger partial charge >= 0.3 is 0 Å². The summed E-state index contributed by atoms with van der Waals surface area (Å²) >= 11 is 0. The van der Waals surface area contributed by atoms with E-state index < -0.39 is 0 Å². The Bertz CT molecular complexity index is 893. The van der Waals surface area contributed by atoms with Gasteiger partial charge in [0.15, 0.2) is 17.5 Å². The summed E-state index contributed by atoms with van der Waals surface area (Å²) in [5.74, 6) is 3.35. The topological polar surface area (TPSA) is 67.4 Å². The summed E-state index contributed by atoms with van der Waals surface area (Å²) in [6.45, 7) is 3.95. The fraction of sp³-hybridized carbons (Fsp3) is 0.435. The average molecular weight is 538 g/mol. The van der Waals surface area contributed by atoms with Crippen LogP contribution in [0.5, 0.6) is 17.2 Å². The smallest absolute Gasteiger partial charge is 0.191 e. The average Bonchev–Trinajstić information content (AvgIpc) is 3.12. The van der Waals surface area contributed by atoms with Gasteiger partial charge < -0.3 is 29.7 Å². The number of anilines is 1. The van der Waals surface area contributed by atoms with Crippen molar-refractivity contribution in [2.24, 2.45) is 4.99 Å². The lowest BCUT2D eigenvalue weighted by atomic mass is 10.2. The van der Waals surface area contributed by atoms with Crippen molar-refractivity contribution in [2.75, 3.05) is 45.4 Å². The lowest BCUT2D eigenvalue weighted by molar-refractivity contribution is 0.297. The zero-order valence-electron chi connectivity index (χ0n) is 18.1. The van der Waals surface area contributed by atoms with E-state index in [1.807, 2.05) is 24.3 Å². The summed E-state index contributed by atoms with van der Waals surface area (Å²) in [6.07, 6.45) is 1.95. The lowest BCUT2D eigenvalue weighted by Gasteiger charge is -2.22.